The number of primary amides is 1. The summed E-state index contributed by atoms with van der Waals surface area (Å²) in [6.45, 7) is 0.304. The van der Waals surface area contributed by atoms with E-state index in [1.807, 2.05) is 30.3 Å². The number of nitrogens with two attached hydrogens (primary N) is 1. The minimum Gasteiger partial charge on any atom is -0.383 e. The maximum Gasteiger partial charge on any atom is 0.271 e. The average molecular weight is 576 g/mol. The minimum absolute atomic E-state index is 0.0577. The van der Waals surface area contributed by atoms with Crippen molar-refractivity contribution in [2.45, 2.75) is 18.0 Å². The number of hydrogen-bond acceptors (Lipinski definition) is 9. The normalized spacial score (nSPS) is 11.3. The molecule has 0 aliphatic rings. The number of hydrogen-bond donors (Lipinski definition) is 2. The third kappa shape index (κ3) is 6.51. The highest BCUT2D eigenvalue weighted by Crippen LogP contribution is 2.27. The van der Waals surface area contributed by atoms with Gasteiger partial charge in [0.25, 0.3) is 5.91 Å². The standard InChI is InChI=1S/C28H29N7O5S/c1-31-26-22-14-23(35(12-13-40-2)27(22)33-25(15-29)32-26)28(37)34(17-24(30)36)16-18-4-6-19(7-5-18)20-8-10-21(11-9-20)41(3,38)39/h4-11,14H,12-13,16-17H2,1-3H3,(H2,30,36)(H,31,32,33). The van der Waals surface area contributed by atoms with E-state index in [0.29, 0.717) is 16.9 Å². The molecule has 0 saturated carbocycles. The molecule has 0 radical (unpaired) electrons. The summed E-state index contributed by atoms with van der Waals surface area (Å²) in [5.41, 5.74) is 8.56. The summed E-state index contributed by atoms with van der Waals surface area (Å²) in [4.78, 5) is 35.9. The molecule has 4 aromatic rings. The largest absolute Gasteiger partial charge is 0.383 e. The van der Waals surface area contributed by atoms with Gasteiger partial charge in [0.2, 0.25) is 11.7 Å². The zero-order valence-corrected chi connectivity index (χ0v) is 23.6. The summed E-state index contributed by atoms with van der Waals surface area (Å²) in [6.07, 6.45) is 1.16. The molecule has 0 bridgehead atoms. The Balaban J connectivity index is 1.67. The molecule has 12 nitrogen and oxygen atoms in total. The summed E-state index contributed by atoms with van der Waals surface area (Å²) in [6, 6.07) is 17.5. The fraction of sp³-hybridized carbons (Fsp3) is 0.250. The third-order valence-electron chi connectivity index (χ3n) is 6.41. The Morgan fingerprint density at radius 2 is 1.73 bits per heavy atom. The number of anilines is 1. The molecule has 13 heteroatoms. The van der Waals surface area contributed by atoms with Gasteiger partial charge in [0.1, 0.15) is 29.8 Å². The van der Waals surface area contributed by atoms with Crippen LogP contribution < -0.4 is 11.1 Å². The van der Waals surface area contributed by atoms with Crippen molar-refractivity contribution in [3.8, 4) is 17.2 Å². The summed E-state index contributed by atoms with van der Waals surface area (Å²) in [5, 5.41) is 12.9. The fourth-order valence-electron chi connectivity index (χ4n) is 4.42. The Kier molecular flexibility index (Phi) is 8.65. The van der Waals surface area contributed by atoms with Crippen LogP contribution in [0, 0.1) is 11.3 Å². The van der Waals surface area contributed by atoms with Crippen molar-refractivity contribution in [3.05, 3.63) is 71.7 Å². The van der Waals surface area contributed by atoms with E-state index in [-0.39, 0.29) is 42.7 Å². The van der Waals surface area contributed by atoms with Gasteiger partial charge in [-0.1, -0.05) is 36.4 Å². The molecule has 2 amide bonds. The molecule has 0 aliphatic heterocycles. The number of aromatic nitrogens is 3. The van der Waals surface area contributed by atoms with Crippen LogP contribution in [-0.4, -0.2) is 73.2 Å². The lowest BCUT2D eigenvalue weighted by molar-refractivity contribution is -0.118. The predicted octanol–water partition coefficient (Wildman–Crippen LogP) is 2.19. The van der Waals surface area contributed by atoms with Crippen molar-refractivity contribution in [1.29, 1.82) is 5.26 Å². The maximum absolute atomic E-state index is 13.9. The molecule has 0 atom stereocenters. The quantitative estimate of drug-likeness (QED) is 0.272. The monoisotopic (exact) mass is 575 g/mol. The summed E-state index contributed by atoms with van der Waals surface area (Å²) >= 11 is 0. The average Bonchev–Trinajstić information content (AvgIpc) is 3.32. The molecule has 0 unspecified atom stereocenters. The van der Waals surface area contributed by atoms with E-state index in [2.05, 4.69) is 15.3 Å². The Bertz CT molecular complexity index is 1740. The van der Waals surface area contributed by atoms with E-state index >= 15 is 0 Å². The van der Waals surface area contributed by atoms with Crippen LogP contribution in [0.25, 0.3) is 22.2 Å². The molecule has 2 heterocycles. The molecule has 212 valence electrons. The number of nitrogens with zero attached hydrogens (tertiary/aromatic N) is 5. The number of fused-ring (bicyclic) bond motifs is 1. The first kappa shape index (κ1) is 29.2. The number of carbonyl (C=O) groups excluding carboxylic acids is 2. The van der Waals surface area contributed by atoms with E-state index in [0.717, 1.165) is 22.9 Å². The highest BCUT2D eigenvalue weighted by atomic mass is 32.2. The zero-order valence-electron chi connectivity index (χ0n) is 22.8. The van der Waals surface area contributed by atoms with Crippen molar-refractivity contribution < 1.29 is 22.7 Å². The van der Waals surface area contributed by atoms with Gasteiger partial charge in [-0.15, -0.1) is 0 Å². The van der Waals surface area contributed by atoms with Crippen LogP contribution in [0.4, 0.5) is 5.82 Å². The minimum atomic E-state index is -3.30. The van der Waals surface area contributed by atoms with Crippen molar-refractivity contribution >= 4 is 38.5 Å². The predicted molar refractivity (Wildman–Crippen MR) is 153 cm³/mol. The van der Waals surface area contributed by atoms with Crippen LogP contribution in [0.2, 0.25) is 0 Å². The number of methoxy groups -OCH3 is 1. The van der Waals surface area contributed by atoms with Gasteiger partial charge in [0.05, 0.1) is 16.9 Å². The SMILES string of the molecule is CNc1nc(C#N)nc2c1cc(C(=O)N(CC(N)=O)Cc1ccc(-c3ccc(S(C)(=O)=O)cc3)cc1)n2CCOC. The van der Waals surface area contributed by atoms with Crippen molar-refractivity contribution in [2.75, 3.05) is 38.9 Å². The molecule has 0 fully saturated rings. The smallest absolute Gasteiger partial charge is 0.271 e. The Morgan fingerprint density at radius 1 is 1.10 bits per heavy atom. The van der Waals surface area contributed by atoms with Crippen molar-refractivity contribution in [3.63, 3.8) is 0 Å². The maximum atomic E-state index is 13.9. The first-order chi connectivity index (χ1) is 19.5. The number of ether oxygens (including phenoxy) is 1. The van der Waals surface area contributed by atoms with Gasteiger partial charge in [0, 0.05) is 33.5 Å². The van der Waals surface area contributed by atoms with E-state index in [9.17, 15) is 23.3 Å². The molecule has 0 aliphatic carbocycles. The van der Waals surface area contributed by atoms with Gasteiger partial charge in [-0.3, -0.25) is 9.59 Å². The van der Waals surface area contributed by atoms with E-state index in [1.165, 1.54) is 12.0 Å². The van der Waals surface area contributed by atoms with Crippen LogP contribution >= 0.6 is 0 Å². The number of benzene rings is 2. The Morgan fingerprint density at radius 3 is 2.27 bits per heavy atom. The lowest BCUT2D eigenvalue weighted by Gasteiger charge is -2.22. The third-order valence-corrected chi connectivity index (χ3v) is 7.53. The highest BCUT2D eigenvalue weighted by molar-refractivity contribution is 7.90. The number of nitrogens with one attached hydrogen (secondary N) is 1. The highest BCUT2D eigenvalue weighted by Gasteiger charge is 2.25. The van der Waals surface area contributed by atoms with Gasteiger partial charge in [-0.25, -0.2) is 18.4 Å². The van der Waals surface area contributed by atoms with Gasteiger partial charge < -0.3 is 25.3 Å². The molecule has 2 aromatic heterocycles. The first-order valence-corrected chi connectivity index (χ1v) is 14.4. The number of sulfone groups is 1. The van der Waals surface area contributed by atoms with E-state index < -0.39 is 21.7 Å². The van der Waals surface area contributed by atoms with Crippen molar-refractivity contribution in [2.24, 2.45) is 5.73 Å². The molecule has 41 heavy (non-hydrogen) atoms. The van der Waals surface area contributed by atoms with Gasteiger partial charge in [0.15, 0.2) is 9.84 Å². The second-order valence-corrected chi connectivity index (χ2v) is 11.3. The van der Waals surface area contributed by atoms with Crippen LogP contribution in [0.5, 0.6) is 0 Å². The molecular weight excluding hydrogens is 546 g/mol. The molecular formula is C28H29N7O5S. The number of rotatable bonds is 11. The van der Waals surface area contributed by atoms with Crippen LogP contribution in [0.15, 0.2) is 59.5 Å². The van der Waals surface area contributed by atoms with E-state index in [1.54, 1.807) is 41.9 Å². The molecule has 2 aromatic carbocycles. The number of nitriles is 1. The molecule has 0 spiro atoms. The summed E-state index contributed by atoms with van der Waals surface area (Å²) < 4.78 is 30.4. The summed E-state index contributed by atoms with van der Waals surface area (Å²) in [5.74, 6) is -0.808. The summed E-state index contributed by atoms with van der Waals surface area (Å²) in [7, 11) is -0.111. The fourth-order valence-corrected chi connectivity index (χ4v) is 5.05. The first-order valence-electron chi connectivity index (χ1n) is 12.5. The number of carbonyl (C=O) groups is 2. The number of amides is 2. The van der Waals surface area contributed by atoms with Gasteiger partial charge in [-0.2, -0.15) is 5.26 Å². The van der Waals surface area contributed by atoms with Crippen molar-refractivity contribution in [1.82, 2.24) is 19.4 Å². The second-order valence-electron chi connectivity index (χ2n) is 9.29. The Labute approximate surface area is 237 Å². The lowest BCUT2D eigenvalue weighted by atomic mass is 10.0. The van der Waals surface area contributed by atoms with Crippen LogP contribution in [-0.2, 0) is 32.5 Å². The lowest BCUT2D eigenvalue weighted by Crippen LogP contribution is -2.39. The van der Waals surface area contributed by atoms with Crippen LogP contribution in [0.3, 0.4) is 0 Å². The zero-order chi connectivity index (χ0) is 29.7. The molecule has 3 N–H and O–H groups in total. The van der Waals surface area contributed by atoms with Gasteiger partial charge in [-0.05, 0) is 34.9 Å². The Hall–Kier alpha value is -4.80. The van der Waals surface area contributed by atoms with Gasteiger partial charge >= 0.3 is 0 Å². The molecule has 0 saturated heterocycles. The van der Waals surface area contributed by atoms with Crippen LogP contribution in [0.1, 0.15) is 21.9 Å². The topological polar surface area (TPSA) is 173 Å². The molecule has 4 rings (SSSR count). The second kappa shape index (κ2) is 12.2. The van der Waals surface area contributed by atoms with E-state index in [4.69, 9.17) is 10.5 Å².